The number of benzene rings is 2. The van der Waals surface area contributed by atoms with Crippen LogP contribution in [-0.4, -0.2) is 128 Å². The number of nitrogens with one attached hydrogen (secondary N) is 5. The predicted molar refractivity (Wildman–Crippen MR) is 262 cm³/mol. The molecule has 2 aliphatic rings. The molecule has 18 nitrogen and oxygen atoms in total. The number of likely N-dealkylation sites (N-methyl/N-ethyl adjacent to an activating group) is 2. The highest BCUT2D eigenvalue weighted by molar-refractivity contribution is 7.99. The topological polar surface area (TPSA) is 218 Å². The molecular weight excluding hydrogens is 884 g/mol. The maximum atomic E-state index is 11.5. The molecule has 8 rings (SSSR count). The number of nitrogens with two attached hydrogens (primary N) is 1. The number of nitrogens with zero attached hydrogens (tertiary/aromatic N) is 10. The molecule has 0 aliphatic carbocycles. The SMILES string of the molecule is C=CC(=O)Cl.C=CC(=O)Nc1ccc(Sc2nc(Nc3cc(C)[nH]n3)cc(N3CCN(C)CC3)n2)cc1.Cc1cc(Nc2cc(N3CCN(C)CC3)nc(Sc3ccc(N)cc3)n2)n[nH]1. The van der Waals surface area contributed by atoms with Gasteiger partial charge < -0.3 is 41.3 Å². The highest BCUT2D eigenvalue weighted by Crippen LogP contribution is 2.32. The van der Waals surface area contributed by atoms with Gasteiger partial charge in [0.25, 0.3) is 0 Å². The number of hydrogen-bond donors (Lipinski definition) is 6. The number of hydrogen-bond acceptors (Lipinski definition) is 17. The van der Waals surface area contributed by atoms with E-state index in [1.807, 2.05) is 86.6 Å². The van der Waals surface area contributed by atoms with Gasteiger partial charge in [-0.15, -0.1) is 0 Å². The van der Waals surface area contributed by atoms with Gasteiger partial charge in [0.05, 0.1) is 0 Å². The Morgan fingerprint density at radius 2 is 1.06 bits per heavy atom. The number of rotatable bonds is 13. The summed E-state index contributed by atoms with van der Waals surface area (Å²) in [5.74, 6) is 4.45. The second-order valence-corrected chi connectivity index (χ2v) is 17.4. The third-order valence-corrected chi connectivity index (χ3v) is 11.6. The fourth-order valence-electron chi connectivity index (χ4n) is 6.21. The molecule has 21 heteroatoms. The summed E-state index contributed by atoms with van der Waals surface area (Å²) in [5.41, 5.74) is 9.21. The second-order valence-electron chi connectivity index (χ2n) is 15.0. The average Bonchev–Trinajstić information content (AvgIpc) is 3.91. The number of aromatic amines is 2. The molecule has 2 saturated heterocycles. The molecule has 340 valence electrons. The minimum absolute atomic E-state index is 0.238. The van der Waals surface area contributed by atoms with Gasteiger partial charge in [0.15, 0.2) is 21.9 Å². The van der Waals surface area contributed by atoms with Crippen molar-refractivity contribution < 1.29 is 9.59 Å². The van der Waals surface area contributed by atoms with Crippen LogP contribution in [0.15, 0.2) is 118 Å². The van der Waals surface area contributed by atoms with E-state index in [0.29, 0.717) is 27.6 Å². The standard InChI is InChI=1S/C22H26N8OS.C19H24N8S.C3H3ClO/c1-4-21(31)23-16-5-7-17(8-6-16)32-22-25-18(24-19-13-15(2)27-28-19)14-20(26-22)30-11-9-29(3)10-12-30;1-13-11-17(25-24-13)21-16-12-18(27-9-7-26(2)8-10-27)23-19(22-16)28-15-5-3-14(20)4-6-15;1-2-3(4)5/h4-8,13-14H,1,9-12H2,2-3H3,(H,23,31)(H2,24,25,26,27,28);3-6,11-12H,7-10,20H2,1-2H3,(H2,21,22,23,24,25);2H,1H2. The van der Waals surface area contributed by atoms with Crippen molar-refractivity contribution in [2.45, 2.75) is 34.0 Å². The normalized spacial score (nSPS) is 14.0. The number of carbonyl (C=O) groups is 2. The Morgan fingerprint density at radius 1 is 0.646 bits per heavy atom. The first kappa shape index (κ1) is 48.0. The van der Waals surface area contributed by atoms with Crippen LogP contribution in [-0.2, 0) is 9.59 Å². The summed E-state index contributed by atoms with van der Waals surface area (Å²) in [7, 11) is 4.28. The van der Waals surface area contributed by atoms with E-state index in [0.717, 1.165) is 109 Å². The number of carbonyl (C=O) groups excluding carboxylic acids is 2. The third-order valence-electron chi connectivity index (χ3n) is 9.73. The first-order valence-electron chi connectivity index (χ1n) is 20.6. The zero-order chi connectivity index (χ0) is 46.3. The Hall–Kier alpha value is -6.45. The van der Waals surface area contributed by atoms with Gasteiger partial charge in [0, 0.05) is 109 Å². The molecule has 0 spiro atoms. The van der Waals surface area contributed by atoms with Crippen LogP contribution in [0.4, 0.5) is 46.3 Å². The van der Waals surface area contributed by atoms with E-state index >= 15 is 0 Å². The van der Waals surface area contributed by atoms with Gasteiger partial charge in [-0.25, -0.2) is 19.9 Å². The molecule has 2 aromatic carbocycles. The zero-order valence-corrected chi connectivity index (χ0v) is 39.1. The van der Waals surface area contributed by atoms with Crippen molar-refractivity contribution in [2.75, 3.05) is 97.9 Å². The summed E-state index contributed by atoms with van der Waals surface area (Å²) in [6.45, 7) is 18.2. The van der Waals surface area contributed by atoms with E-state index in [1.165, 1.54) is 29.6 Å². The number of allylic oxidation sites excluding steroid dienone is 1. The zero-order valence-electron chi connectivity index (χ0n) is 36.7. The van der Waals surface area contributed by atoms with Crippen molar-refractivity contribution in [1.29, 1.82) is 0 Å². The Bertz CT molecular complexity index is 2520. The summed E-state index contributed by atoms with van der Waals surface area (Å²) in [6.07, 6.45) is 2.29. The van der Waals surface area contributed by atoms with Gasteiger partial charge >= 0.3 is 0 Å². The number of aromatic nitrogens is 8. The summed E-state index contributed by atoms with van der Waals surface area (Å²) in [4.78, 5) is 51.2. The van der Waals surface area contributed by atoms with Gasteiger partial charge in [-0.1, -0.05) is 13.2 Å². The summed E-state index contributed by atoms with van der Waals surface area (Å²) in [6, 6.07) is 23.1. The number of halogens is 1. The molecule has 6 aromatic rings. The number of piperazine rings is 2. The minimum atomic E-state index is -0.509. The molecule has 0 unspecified atom stereocenters. The highest BCUT2D eigenvalue weighted by Gasteiger charge is 2.20. The smallest absolute Gasteiger partial charge is 0.247 e. The molecule has 2 aliphatic heterocycles. The fourth-order valence-corrected chi connectivity index (χ4v) is 7.75. The molecule has 0 radical (unpaired) electrons. The molecule has 6 heterocycles. The quantitative estimate of drug-likeness (QED) is 0.0299. The third kappa shape index (κ3) is 15.4. The maximum Gasteiger partial charge on any atom is 0.247 e. The van der Waals surface area contributed by atoms with E-state index in [2.05, 4.69) is 88.2 Å². The summed E-state index contributed by atoms with van der Waals surface area (Å²) in [5, 5.41) is 24.5. The Kier molecular flexibility index (Phi) is 17.3. The number of aryl methyl sites for hydroxylation is 2. The lowest BCUT2D eigenvalue weighted by Gasteiger charge is -2.33. The van der Waals surface area contributed by atoms with Gasteiger partial charge in [-0.3, -0.25) is 19.8 Å². The Labute approximate surface area is 391 Å². The fraction of sp³-hybridized carbons (Fsp3) is 0.273. The molecule has 0 saturated carbocycles. The number of amides is 1. The van der Waals surface area contributed by atoms with Crippen molar-refractivity contribution in [3.63, 3.8) is 0 Å². The first-order chi connectivity index (χ1) is 31.3. The van der Waals surface area contributed by atoms with Crippen LogP contribution in [0.25, 0.3) is 0 Å². The number of anilines is 8. The van der Waals surface area contributed by atoms with Crippen LogP contribution in [0.5, 0.6) is 0 Å². The molecule has 4 aromatic heterocycles. The summed E-state index contributed by atoms with van der Waals surface area (Å²) < 4.78 is 0. The van der Waals surface area contributed by atoms with Crippen LogP contribution < -0.4 is 31.5 Å². The van der Waals surface area contributed by atoms with Gasteiger partial charge in [-0.2, -0.15) is 10.2 Å². The van der Waals surface area contributed by atoms with Crippen LogP contribution in [0.3, 0.4) is 0 Å². The molecule has 2 fully saturated rings. The van der Waals surface area contributed by atoms with E-state index in [9.17, 15) is 9.59 Å². The Balaban J connectivity index is 0.000000197. The Morgan fingerprint density at radius 3 is 1.43 bits per heavy atom. The molecule has 65 heavy (non-hydrogen) atoms. The number of H-pyrrole nitrogens is 2. The van der Waals surface area contributed by atoms with E-state index < -0.39 is 5.24 Å². The van der Waals surface area contributed by atoms with Crippen molar-refractivity contribution >= 4 is 92.6 Å². The number of nitrogen functional groups attached to an aromatic ring is 1. The van der Waals surface area contributed by atoms with Crippen LogP contribution >= 0.6 is 35.1 Å². The van der Waals surface area contributed by atoms with Crippen molar-refractivity contribution in [3.8, 4) is 0 Å². The molecule has 7 N–H and O–H groups in total. The van der Waals surface area contributed by atoms with Crippen molar-refractivity contribution in [2.24, 2.45) is 0 Å². The molecular formula is C44H53ClN16O2S2. The van der Waals surface area contributed by atoms with E-state index in [-0.39, 0.29) is 5.91 Å². The monoisotopic (exact) mass is 936 g/mol. The highest BCUT2D eigenvalue weighted by atomic mass is 35.5. The van der Waals surface area contributed by atoms with Gasteiger partial charge in [-0.05, 0) is 124 Å². The molecule has 1 amide bonds. The van der Waals surface area contributed by atoms with Crippen molar-refractivity contribution in [1.82, 2.24) is 50.1 Å². The minimum Gasteiger partial charge on any atom is -0.399 e. The predicted octanol–water partition coefficient (Wildman–Crippen LogP) is 6.95. The van der Waals surface area contributed by atoms with Crippen LogP contribution in [0.2, 0.25) is 0 Å². The van der Waals surface area contributed by atoms with Crippen LogP contribution in [0, 0.1) is 13.8 Å². The average molecular weight is 938 g/mol. The van der Waals surface area contributed by atoms with Crippen molar-refractivity contribution in [3.05, 3.63) is 109 Å². The summed E-state index contributed by atoms with van der Waals surface area (Å²) >= 11 is 7.70. The van der Waals surface area contributed by atoms with E-state index in [1.54, 1.807) is 0 Å². The second kappa shape index (κ2) is 23.5. The largest absolute Gasteiger partial charge is 0.399 e. The van der Waals surface area contributed by atoms with E-state index in [4.69, 9.17) is 32.3 Å². The van der Waals surface area contributed by atoms with Crippen LogP contribution in [0.1, 0.15) is 11.4 Å². The van der Waals surface area contributed by atoms with Gasteiger partial charge in [0.1, 0.15) is 23.3 Å². The molecule has 0 bridgehead atoms. The molecule has 0 atom stereocenters. The van der Waals surface area contributed by atoms with Gasteiger partial charge in [0.2, 0.25) is 11.1 Å². The lowest BCUT2D eigenvalue weighted by molar-refractivity contribution is -0.112. The first-order valence-corrected chi connectivity index (χ1v) is 22.6. The lowest BCUT2D eigenvalue weighted by Crippen LogP contribution is -2.44. The maximum absolute atomic E-state index is 11.5. The lowest BCUT2D eigenvalue weighted by atomic mass is 10.3.